The third-order valence-corrected chi connectivity index (χ3v) is 2.38. The minimum atomic E-state index is 0.871. The predicted octanol–water partition coefficient (Wildman–Crippen LogP) is 3.33. The van der Waals surface area contributed by atoms with Crippen LogP contribution in [0.25, 0.3) is 10.9 Å². The lowest BCUT2D eigenvalue weighted by Crippen LogP contribution is -1.82. The lowest BCUT2D eigenvalue weighted by Gasteiger charge is -2.00. The Morgan fingerprint density at radius 1 is 0.889 bits per heavy atom. The predicted molar refractivity (Wildman–Crippen MR) is 72.5 cm³/mol. The third kappa shape index (κ3) is 3.28. The van der Waals surface area contributed by atoms with Gasteiger partial charge in [-0.3, -0.25) is 9.97 Å². The molecule has 1 aromatic carbocycles. The van der Waals surface area contributed by atoms with Gasteiger partial charge in [-0.25, -0.2) is 0 Å². The van der Waals surface area contributed by atoms with Crippen LogP contribution < -0.4 is 4.74 Å². The molecule has 2 heterocycles. The molecule has 0 amide bonds. The van der Waals surface area contributed by atoms with E-state index in [0.29, 0.717) is 0 Å². The molecule has 0 spiro atoms. The van der Waals surface area contributed by atoms with Crippen molar-refractivity contribution >= 4 is 10.9 Å². The van der Waals surface area contributed by atoms with Crippen LogP contribution in [-0.4, -0.2) is 17.1 Å². The normalized spacial score (nSPS) is 9.39. The molecule has 0 saturated carbocycles. The molecule has 0 aliphatic rings. The van der Waals surface area contributed by atoms with E-state index in [0.717, 1.165) is 16.7 Å². The van der Waals surface area contributed by atoms with Crippen LogP contribution in [0.3, 0.4) is 0 Å². The highest BCUT2D eigenvalue weighted by molar-refractivity contribution is 5.79. The summed E-state index contributed by atoms with van der Waals surface area (Å²) in [5, 5.41) is 1.11. The number of methoxy groups -OCH3 is 1. The van der Waals surface area contributed by atoms with E-state index in [4.69, 9.17) is 4.74 Å². The van der Waals surface area contributed by atoms with Crippen molar-refractivity contribution in [2.75, 3.05) is 7.11 Å². The fourth-order valence-corrected chi connectivity index (χ4v) is 1.49. The molecular formula is C15H14N2O. The van der Waals surface area contributed by atoms with Crippen molar-refractivity contribution in [2.24, 2.45) is 0 Å². The summed E-state index contributed by atoms with van der Waals surface area (Å²) in [7, 11) is 1.66. The third-order valence-electron chi connectivity index (χ3n) is 2.38. The minimum absolute atomic E-state index is 0.871. The first-order valence-corrected chi connectivity index (χ1v) is 5.64. The molecule has 3 rings (SSSR count). The smallest absolute Gasteiger partial charge is 0.119 e. The van der Waals surface area contributed by atoms with Crippen LogP contribution >= 0.6 is 0 Å². The van der Waals surface area contributed by atoms with Crippen LogP contribution in [0.4, 0.5) is 0 Å². The maximum atomic E-state index is 5.09. The van der Waals surface area contributed by atoms with Gasteiger partial charge in [0.15, 0.2) is 0 Å². The van der Waals surface area contributed by atoms with E-state index in [1.807, 2.05) is 48.5 Å². The van der Waals surface area contributed by atoms with Gasteiger partial charge in [0.25, 0.3) is 0 Å². The highest BCUT2D eigenvalue weighted by atomic mass is 16.5. The lowest BCUT2D eigenvalue weighted by atomic mass is 10.2. The molecule has 0 unspecified atom stereocenters. The quantitative estimate of drug-likeness (QED) is 0.652. The number of ether oxygens (including phenoxy) is 1. The van der Waals surface area contributed by atoms with Gasteiger partial charge in [0.05, 0.1) is 12.6 Å². The Kier molecular flexibility index (Phi) is 4.25. The molecule has 2 aromatic heterocycles. The molecule has 0 radical (unpaired) electrons. The van der Waals surface area contributed by atoms with Crippen molar-refractivity contribution in [1.29, 1.82) is 0 Å². The van der Waals surface area contributed by atoms with Crippen molar-refractivity contribution < 1.29 is 4.74 Å². The van der Waals surface area contributed by atoms with Gasteiger partial charge in [-0.1, -0.05) is 12.1 Å². The van der Waals surface area contributed by atoms with E-state index in [1.54, 1.807) is 25.7 Å². The largest absolute Gasteiger partial charge is 0.497 e. The van der Waals surface area contributed by atoms with Crippen molar-refractivity contribution in [2.45, 2.75) is 0 Å². The highest BCUT2D eigenvalue weighted by Crippen LogP contribution is 2.17. The van der Waals surface area contributed by atoms with Gasteiger partial charge >= 0.3 is 0 Å². The van der Waals surface area contributed by atoms with Crippen molar-refractivity contribution in [1.82, 2.24) is 9.97 Å². The first-order valence-electron chi connectivity index (χ1n) is 5.64. The van der Waals surface area contributed by atoms with Crippen molar-refractivity contribution in [3.05, 3.63) is 67.1 Å². The Hall–Kier alpha value is -2.42. The summed E-state index contributed by atoms with van der Waals surface area (Å²) in [5.41, 5.74) is 0.998. The summed E-state index contributed by atoms with van der Waals surface area (Å²) in [6.45, 7) is 0. The Balaban J connectivity index is 0.000000169. The topological polar surface area (TPSA) is 35.0 Å². The van der Waals surface area contributed by atoms with Gasteiger partial charge in [0.2, 0.25) is 0 Å². The highest BCUT2D eigenvalue weighted by Gasteiger charge is 1.94. The number of pyridine rings is 2. The maximum absolute atomic E-state index is 5.09. The van der Waals surface area contributed by atoms with Gasteiger partial charge in [0, 0.05) is 24.0 Å². The number of benzene rings is 1. The van der Waals surface area contributed by atoms with Crippen LogP contribution in [0.5, 0.6) is 5.75 Å². The first kappa shape index (κ1) is 12.0. The molecule has 0 N–H and O–H groups in total. The lowest BCUT2D eigenvalue weighted by molar-refractivity contribution is 0.415. The Morgan fingerprint density at radius 3 is 2.33 bits per heavy atom. The number of nitrogens with zero attached hydrogens (tertiary/aromatic N) is 2. The van der Waals surface area contributed by atoms with Gasteiger partial charge in [-0.05, 0) is 36.4 Å². The zero-order valence-electron chi connectivity index (χ0n) is 10.2. The Labute approximate surface area is 106 Å². The number of hydrogen-bond donors (Lipinski definition) is 0. The molecule has 18 heavy (non-hydrogen) atoms. The fourth-order valence-electron chi connectivity index (χ4n) is 1.49. The monoisotopic (exact) mass is 238 g/mol. The second kappa shape index (κ2) is 6.35. The van der Waals surface area contributed by atoms with E-state index in [1.165, 1.54) is 0 Å². The van der Waals surface area contributed by atoms with Crippen molar-refractivity contribution in [3.8, 4) is 5.75 Å². The summed E-state index contributed by atoms with van der Waals surface area (Å²) in [4.78, 5) is 7.99. The molecule has 0 aliphatic heterocycles. The number of rotatable bonds is 1. The zero-order chi connectivity index (χ0) is 12.6. The second-order valence-electron chi connectivity index (χ2n) is 3.59. The average Bonchev–Trinajstić information content (AvgIpc) is 2.49. The van der Waals surface area contributed by atoms with E-state index in [9.17, 15) is 0 Å². The van der Waals surface area contributed by atoms with Gasteiger partial charge in [0.1, 0.15) is 5.75 Å². The van der Waals surface area contributed by atoms with Crippen LogP contribution in [0.1, 0.15) is 0 Å². The molecule has 90 valence electrons. The molecule has 0 saturated heterocycles. The number of fused-ring (bicyclic) bond motifs is 1. The standard InChI is InChI=1S/C10H9NO.C5H5N/c1-12-9-4-5-10-8(7-9)3-2-6-11-10;1-2-4-6-5-3-1/h2-7H,1H3;1-5H. The molecule has 3 nitrogen and oxygen atoms in total. The van der Waals surface area contributed by atoms with Crippen LogP contribution in [0, 0.1) is 0 Å². The summed E-state index contributed by atoms with van der Waals surface area (Å²) in [6.07, 6.45) is 5.29. The summed E-state index contributed by atoms with van der Waals surface area (Å²) >= 11 is 0. The molecular weight excluding hydrogens is 224 g/mol. The molecule has 0 fully saturated rings. The van der Waals surface area contributed by atoms with Gasteiger partial charge in [-0.2, -0.15) is 0 Å². The SMILES string of the molecule is COc1ccc2ncccc2c1.c1ccncc1. The zero-order valence-corrected chi connectivity index (χ0v) is 10.2. The molecule has 3 heteroatoms. The molecule has 0 aliphatic carbocycles. The van der Waals surface area contributed by atoms with Gasteiger partial charge < -0.3 is 4.74 Å². The van der Waals surface area contributed by atoms with Crippen LogP contribution in [0.15, 0.2) is 67.1 Å². The second-order valence-corrected chi connectivity index (χ2v) is 3.59. The number of hydrogen-bond acceptors (Lipinski definition) is 3. The Morgan fingerprint density at radius 2 is 1.72 bits per heavy atom. The minimum Gasteiger partial charge on any atom is -0.497 e. The van der Waals surface area contributed by atoms with E-state index < -0.39 is 0 Å². The summed E-state index contributed by atoms with van der Waals surface area (Å²) in [6, 6.07) is 15.5. The van der Waals surface area contributed by atoms with Crippen molar-refractivity contribution in [3.63, 3.8) is 0 Å². The fraction of sp³-hybridized carbons (Fsp3) is 0.0667. The first-order chi connectivity index (χ1) is 8.90. The summed E-state index contributed by atoms with van der Waals surface area (Å²) < 4.78 is 5.09. The molecule has 3 aromatic rings. The van der Waals surface area contributed by atoms with Crippen LogP contribution in [-0.2, 0) is 0 Å². The summed E-state index contributed by atoms with van der Waals surface area (Å²) in [5.74, 6) is 0.871. The van der Waals surface area contributed by atoms with Gasteiger partial charge in [-0.15, -0.1) is 0 Å². The van der Waals surface area contributed by atoms with E-state index >= 15 is 0 Å². The van der Waals surface area contributed by atoms with E-state index in [-0.39, 0.29) is 0 Å². The van der Waals surface area contributed by atoms with E-state index in [2.05, 4.69) is 9.97 Å². The Bertz CT molecular complexity index is 570. The maximum Gasteiger partial charge on any atom is 0.119 e. The average molecular weight is 238 g/mol. The van der Waals surface area contributed by atoms with Crippen LogP contribution in [0.2, 0.25) is 0 Å². The molecule has 0 atom stereocenters. The number of aromatic nitrogens is 2. The molecule has 0 bridgehead atoms.